The number of nitrogens with one attached hydrogen (secondary N) is 1. The maximum Gasteiger partial charge on any atom is 0.174 e. The topological polar surface area (TPSA) is 42.3 Å². The normalized spacial score (nSPS) is 17.8. The number of hydrogen-bond donors (Lipinski definition) is 1. The van der Waals surface area contributed by atoms with Crippen LogP contribution < -0.4 is 15.0 Å². The zero-order valence-corrected chi connectivity index (χ0v) is 19.2. The molecule has 8 heteroatoms. The van der Waals surface area contributed by atoms with E-state index >= 15 is 0 Å². The van der Waals surface area contributed by atoms with Crippen LogP contribution in [0.5, 0.6) is 5.75 Å². The minimum absolute atomic E-state index is 0.0677. The van der Waals surface area contributed by atoms with Crippen molar-refractivity contribution < 1.29 is 9.13 Å². The minimum Gasteiger partial charge on any atom is -0.497 e. The summed E-state index contributed by atoms with van der Waals surface area (Å²) in [4.78, 5) is 6.66. The molecule has 1 saturated heterocycles. The van der Waals surface area contributed by atoms with Gasteiger partial charge in [-0.15, -0.1) is 0 Å². The number of rotatable bonds is 5. The molecule has 0 amide bonds. The molecule has 166 valence electrons. The molecule has 0 bridgehead atoms. The Bertz CT molecular complexity index is 1310. The Morgan fingerprint density at radius 2 is 1.91 bits per heavy atom. The molecular formula is C25H20ClFN4OS. The molecule has 2 atom stereocenters. The van der Waals surface area contributed by atoms with Gasteiger partial charge in [-0.3, -0.25) is 4.98 Å². The van der Waals surface area contributed by atoms with Crippen LogP contribution in [0, 0.1) is 5.82 Å². The number of pyridine rings is 1. The van der Waals surface area contributed by atoms with Crippen LogP contribution in [0.3, 0.4) is 0 Å². The average molecular weight is 479 g/mol. The second-order valence-electron chi connectivity index (χ2n) is 7.60. The van der Waals surface area contributed by atoms with Gasteiger partial charge < -0.3 is 19.5 Å². The van der Waals surface area contributed by atoms with E-state index in [9.17, 15) is 4.39 Å². The first kappa shape index (κ1) is 21.4. The summed E-state index contributed by atoms with van der Waals surface area (Å²) < 4.78 is 21.3. The van der Waals surface area contributed by atoms with Gasteiger partial charge in [-0.1, -0.05) is 23.7 Å². The third-order valence-corrected chi connectivity index (χ3v) is 6.30. The molecule has 0 saturated carbocycles. The van der Waals surface area contributed by atoms with E-state index < -0.39 is 5.82 Å². The third-order valence-electron chi connectivity index (χ3n) is 5.69. The summed E-state index contributed by atoms with van der Waals surface area (Å²) in [7, 11) is 1.64. The Morgan fingerprint density at radius 1 is 1.03 bits per heavy atom. The number of ether oxygens (including phenoxy) is 1. The van der Waals surface area contributed by atoms with Gasteiger partial charge in [0.1, 0.15) is 17.6 Å². The van der Waals surface area contributed by atoms with E-state index in [0.717, 1.165) is 28.5 Å². The van der Waals surface area contributed by atoms with Crippen LogP contribution >= 0.6 is 23.8 Å². The number of benzene rings is 2. The summed E-state index contributed by atoms with van der Waals surface area (Å²) >= 11 is 11.9. The summed E-state index contributed by atoms with van der Waals surface area (Å²) in [6.07, 6.45) is 3.70. The molecule has 5 nitrogen and oxygen atoms in total. The molecule has 3 heterocycles. The lowest BCUT2D eigenvalue weighted by molar-refractivity contribution is 0.414. The molecule has 0 radical (unpaired) electrons. The third kappa shape index (κ3) is 3.94. The van der Waals surface area contributed by atoms with Crippen molar-refractivity contribution in [3.63, 3.8) is 0 Å². The SMILES string of the molecule is COc1cccc(N2C(=S)N[C@H](c3ccccn3)[C@@H]2c2cccn2-c2ccc(F)c(Cl)c2)c1. The fourth-order valence-electron chi connectivity index (χ4n) is 4.20. The average Bonchev–Trinajstić information content (AvgIpc) is 3.45. The van der Waals surface area contributed by atoms with Crippen LogP contribution in [0.1, 0.15) is 23.5 Å². The van der Waals surface area contributed by atoms with E-state index in [1.54, 1.807) is 25.4 Å². The lowest BCUT2D eigenvalue weighted by Crippen LogP contribution is -2.30. The van der Waals surface area contributed by atoms with Crippen molar-refractivity contribution >= 4 is 34.6 Å². The molecule has 0 aliphatic carbocycles. The van der Waals surface area contributed by atoms with Crippen molar-refractivity contribution in [1.29, 1.82) is 0 Å². The Balaban J connectivity index is 1.67. The summed E-state index contributed by atoms with van der Waals surface area (Å²) in [5.74, 6) is 0.276. The van der Waals surface area contributed by atoms with E-state index in [1.165, 1.54) is 6.07 Å². The van der Waals surface area contributed by atoms with Gasteiger partial charge >= 0.3 is 0 Å². The fourth-order valence-corrected chi connectivity index (χ4v) is 4.72. The predicted octanol–water partition coefficient (Wildman–Crippen LogP) is 5.85. The lowest BCUT2D eigenvalue weighted by Gasteiger charge is -2.29. The van der Waals surface area contributed by atoms with Crippen molar-refractivity contribution in [2.45, 2.75) is 12.1 Å². The lowest BCUT2D eigenvalue weighted by atomic mass is 10.0. The van der Waals surface area contributed by atoms with Crippen LogP contribution in [0.2, 0.25) is 5.02 Å². The van der Waals surface area contributed by atoms with Crippen LogP contribution in [0.25, 0.3) is 5.69 Å². The van der Waals surface area contributed by atoms with Crippen LogP contribution in [-0.2, 0) is 0 Å². The van der Waals surface area contributed by atoms with E-state index in [4.69, 9.17) is 28.6 Å². The minimum atomic E-state index is -0.456. The Hall–Kier alpha value is -3.42. The van der Waals surface area contributed by atoms with Crippen molar-refractivity contribution in [1.82, 2.24) is 14.9 Å². The molecule has 1 N–H and O–H groups in total. The maximum absolute atomic E-state index is 13.8. The first-order valence-corrected chi connectivity index (χ1v) is 11.1. The number of nitrogens with zero attached hydrogens (tertiary/aromatic N) is 3. The molecule has 2 aromatic heterocycles. The highest BCUT2D eigenvalue weighted by Crippen LogP contribution is 2.43. The standard InChI is InChI=1S/C25H20ClFN4OS/c1-32-18-7-4-6-17(14-18)31-24(23(29-25(31)33)21-8-2-3-12-28-21)22-9-5-13-30(22)16-10-11-20(27)19(26)15-16/h2-15,23-24H,1H3,(H,29,33)/t23-,24+/m1/s1. The molecule has 1 aliphatic heterocycles. The number of thiocarbonyl (C=S) groups is 1. The largest absolute Gasteiger partial charge is 0.497 e. The van der Waals surface area contributed by atoms with Crippen molar-refractivity contribution in [2.75, 3.05) is 12.0 Å². The Kier molecular flexibility index (Phi) is 5.74. The van der Waals surface area contributed by atoms with Crippen molar-refractivity contribution in [2.24, 2.45) is 0 Å². The highest BCUT2D eigenvalue weighted by molar-refractivity contribution is 7.80. The molecule has 5 rings (SSSR count). The molecule has 33 heavy (non-hydrogen) atoms. The van der Waals surface area contributed by atoms with Gasteiger partial charge in [-0.25, -0.2) is 4.39 Å². The number of methoxy groups -OCH3 is 1. The second kappa shape index (κ2) is 8.84. The molecular weight excluding hydrogens is 459 g/mol. The Morgan fingerprint density at radius 3 is 2.67 bits per heavy atom. The van der Waals surface area contributed by atoms with Crippen LogP contribution in [0.15, 0.2) is 85.2 Å². The van der Waals surface area contributed by atoms with Gasteiger partial charge in [-0.2, -0.15) is 0 Å². The molecule has 2 aromatic carbocycles. The number of hydrogen-bond acceptors (Lipinski definition) is 3. The molecule has 0 spiro atoms. The monoisotopic (exact) mass is 478 g/mol. The van der Waals surface area contributed by atoms with E-state index in [0.29, 0.717) is 5.11 Å². The van der Waals surface area contributed by atoms with Gasteiger partial charge in [0.05, 0.1) is 23.9 Å². The van der Waals surface area contributed by atoms with Gasteiger partial charge in [0.25, 0.3) is 0 Å². The fraction of sp³-hybridized carbons (Fsp3) is 0.120. The van der Waals surface area contributed by atoms with Gasteiger partial charge in [0.2, 0.25) is 0 Å². The Labute approximate surface area is 201 Å². The zero-order chi connectivity index (χ0) is 22.9. The van der Waals surface area contributed by atoms with Crippen LogP contribution in [-0.4, -0.2) is 21.8 Å². The van der Waals surface area contributed by atoms with Crippen molar-refractivity contribution in [3.05, 3.63) is 107 Å². The molecule has 0 unspecified atom stereocenters. The summed E-state index contributed by atoms with van der Waals surface area (Å²) in [5, 5.41) is 4.09. The highest BCUT2D eigenvalue weighted by atomic mass is 35.5. The van der Waals surface area contributed by atoms with E-state index in [-0.39, 0.29) is 17.1 Å². The predicted molar refractivity (Wildman–Crippen MR) is 132 cm³/mol. The maximum atomic E-state index is 13.8. The molecule has 4 aromatic rings. The number of halogens is 2. The number of aromatic nitrogens is 2. The van der Waals surface area contributed by atoms with E-state index in [1.807, 2.05) is 65.4 Å². The summed E-state index contributed by atoms with van der Waals surface area (Å²) in [6, 6.07) is 21.8. The molecule has 1 fully saturated rings. The quantitative estimate of drug-likeness (QED) is 0.364. The smallest absolute Gasteiger partial charge is 0.174 e. The zero-order valence-electron chi connectivity index (χ0n) is 17.7. The van der Waals surface area contributed by atoms with Crippen molar-refractivity contribution in [3.8, 4) is 11.4 Å². The van der Waals surface area contributed by atoms with Crippen LogP contribution in [0.4, 0.5) is 10.1 Å². The summed E-state index contributed by atoms with van der Waals surface area (Å²) in [5.41, 5.74) is 3.45. The first-order valence-electron chi connectivity index (χ1n) is 10.3. The first-order chi connectivity index (χ1) is 16.1. The van der Waals surface area contributed by atoms with Gasteiger partial charge in [-0.05, 0) is 66.8 Å². The molecule has 1 aliphatic rings. The highest BCUT2D eigenvalue weighted by Gasteiger charge is 2.42. The summed E-state index contributed by atoms with van der Waals surface area (Å²) in [6.45, 7) is 0. The van der Waals surface area contributed by atoms with E-state index in [2.05, 4.69) is 15.2 Å². The second-order valence-corrected chi connectivity index (χ2v) is 8.39. The van der Waals surface area contributed by atoms with Gasteiger partial charge in [0, 0.05) is 35.5 Å². The number of anilines is 1. The van der Waals surface area contributed by atoms with Gasteiger partial charge in [0.15, 0.2) is 5.11 Å².